The van der Waals surface area contributed by atoms with Gasteiger partial charge in [-0.2, -0.15) is 0 Å². The third-order valence-corrected chi connectivity index (χ3v) is 4.24. The van der Waals surface area contributed by atoms with Crippen molar-refractivity contribution in [1.82, 2.24) is 4.98 Å². The van der Waals surface area contributed by atoms with E-state index in [1.54, 1.807) is 6.20 Å². The molecule has 0 unspecified atom stereocenters. The molecule has 0 amide bonds. The quantitative estimate of drug-likeness (QED) is 0.868. The van der Waals surface area contributed by atoms with Gasteiger partial charge in [0.05, 0.1) is 11.6 Å². The van der Waals surface area contributed by atoms with Gasteiger partial charge < -0.3 is 5.32 Å². The van der Waals surface area contributed by atoms with E-state index in [4.69, 9.17) is 23.2 Å². The number of aromatic nitrogens is 1. The zero-order valence-corrected chi connectivity index (χ0v) is 11.9. The van der Waals surface area contributed by atoms with Gasteiger partial charge in [-0.25, -0.2) is 4.98 Å². The summed E-state index contributed by atoms with van der Waals surface area (Å²) in [5.41, 5.74) is 1.00. The Kier molecular flexibility index (Phi) is 4.08. The first kappa shape index (κ1) is 12.2. The fraction of sp³-hybridized carbons (Fsp3) is 0.100. The van der Waals surface area contributed by atoms with E-state index in [2.05, 4.69) is 26.2 Å². The number of benzene rings is 1. The number of thiazole rings is 1. The van der Waals surface area contributed by atoms with Crippen LogP contribution >= 0.6 is 50.5 Å². The van der Waals surface area contributed by atoms with E-state index in [1.165, 1.54) is 11.3 Å². The van der Waals surface area contributed by atoms with E-state index in [1.807, 2.05) is 18.2 Å². The molecule has 0 saturated carbocycles. The molecule has 0 fully saturated rings. The summed E-state index contributed by atoms with van der Waals surface area (Å²) in [6.45, 7) is 0.707. The van der Waals surface area contributed by atoms with Crippen molar-refractivity contribution in [1.29, 1.82) is 0 Å². The van der Waals surface area contributed by atoms with Crippen LogP contribution in [0.25, 0.3) is 0 Å². The Hall–Kier alpha value is -0.290. The number of hydrogen-bond acceptors (Lipinski definition) is 3. The molecule has 6 heteroatoms. The maximum atomic E-state index is 5.90. The first-order valence-corrected chi connectivity index (χ1v) is 6.81. The van der Waals surface area contributed by atoms with Crippen LogP contribution in [0, 0.1) is 0 Å². The molecule has 1 heterocycles. The summed E-state index contributed by atoms with van der Waals surface area (Å²) < 4.78 is 1.44. The van der Waals surface area contributed by atoms with Crippen LogP contribution < -0.4 is 5.32 Å². The molecule has 0 spiro atoms. The fourth-order valence-electron chi connectivity index (χ4n) is 1.16. The molecule has 0 aliphatic heterocycles. The van der Waals surface area contributed by atoms with Gasteiger partial charge in [0, 0.05) is 21.2 Å². The van der Waals surface area contributed by atoms with Gasteiger partial charge >= 0.3 is 0 Å². The van der Waals surface area contributed by atoms with Gasteiger partial charge in [-0.15, -0.1) is 11.3 Å². The maximum absolute atomic E-state index is 5.90. The Labute approximate surface area is 116 Å². The molecule has 1 aromatic heterocycles. The van der Waals surface area contributed by atoms with E-state index < -0.39 is 0 Å². The highest BCUT2D eigenvalue weighted by atomic mass is 79.9. The molecule has 2 rings (SSSR count). The van der Waals surface area contributed by atoms with Crippen molar-refractivity contribution in [3.8, 4) is 0 Å². The molecule has 0 atom stereocenters. The van der Waals surface area contributed by atoms with Crippen molar-refractivity contribution >= 4 is 56.2 Å². The highest BCUT2D eigenvalue weighted by molar-refractivity contribution is 9.10. The summed E-state index contributed by atoms with van der Waals surface area (Å²) in [4.78, 5) is 5.07. The van der Waals surface area contributed by atoms with Crippen LogP contribution in [0.1, 0.15) is 4.88 Å². The zero-order chi connectivity index (χ0) is 11.5. The molecular formula is C10H7BrCl2N2S. The van der Waals surface area contributed by atoms with E-state index in [9.17, 15) is 0 Å². The van der Waals surface area contributed by atoms with E-state index >= 15 is 0 Å². The molecule has 2 aromatic rings. The Bertz CT molecular complexity index is 501. The summed E-state index contributed by atoms with van der Waals surface area (Å²) in [6, 6.07) is 5.70. The molecule has 0 aliphatic carbocycles. The second kappa shape index (κ2) is 5.36. The lowest BCUT2D eigenvalue weighted by Crippen LogP contribution is -1.96. The van der Waals surface area contributed by atoms with Gasteiger partial charge in [0.1, 0.15) is 0 Å². The standard InChI is InChI=1S/C10H7BrCl2N2S/c11-8-3-6(1-2-9(8)12)14-4-7-5-15-10(13)16-7/h1-3,5,14H,4H2. The van der Waals surface area contributed by atoms with Crippen LogP contribution in [0.15, 0.2) is 28.9 Å². The zero-order valence-electron chi connectivity index (χ0n) is 8.01. The Morgan fingerprint density at radius 1 is 1.38 bits per heavy atom. The van der Waals surface area contributed by atoms with Crippen LogP contribution in [0.4, 0.5) is 5.69 Å². The average molecular weight is 338 g/mol. The number of nitrogens with zero attached hydrogens (tertiary/aromatic N) is 1. The number of rotatable bonds is 3. The number of anilines is 1. The fourth-order valence-corrected chi connectivity index (χ4v) is 2.57. The summed E-state index contributed by atoms with van der Waals surface area (Å²) in [6.07, 6.45) is 1.77. The molecule has 0 saturated heterocycles. The Morgan fingerprint density at radius 2 is 2.19 bits per heavy atom. The molecule has 2 nitrogen and oxygen atoms in total. The first-order chi connectivity index (χ1) is 7.65. The van der Waals surface area contributed by atoms with Gasteiger partial charge in [0.25, 0.3) is 0 Å². The minimum atomic E-state index is 0.564. The summed E-state index contributed by atoms with van der Waals surface area (Å²) in [7, 11) is 0. The van der Waals surface area contributed by atoms with Crippen LogP contribution in [-0.2, 0) is 6.54 Å². The normalized spacial score (nSPS) is 10.4. The average Bonchev–Trinajstić information content (AvgIpc) is 2.66. The summed E-state index contributed by atoms with van der Waals surface area (Å²) in [5, 5.41) is 3.97. The van der Waals surface area contributed by atoms with Crippen molar-refractivity contribution in [3.05, 3.63) is 43.2 Å². The van der Waals surface area contributed by atoms with Gasteiger partial charge in [-0.3, -0.25) is 0 Å². The van der Waals surface area contributed by atoms with E-state index in [0.717, 1.165) is 15.0 Å². The van der Waals surface area contributed by atoms with Crippen molar-refractivity contribution in [3.63, 3.8) is 0 Å². The van der Waals surface area contributed by atoms with Gasteiger partial charge in [-0.1, -0.05) is 23.2 Å². The second-order valence-corrected chi connectivity index (χ2v) is 6.02. The molecule has 16 heavy (non-hydrogen) atoms. The number of hydrogen-bond donors (Lipinski definition) is 1. The van der Waals surface area contributed by atoms with Crippen molar-refractivity contribution in [2.24, 2.45) is 0 Å². The Morgan fingerprint density at radius 3 is 2.81 bits per heavy atom. The van der Waals surface area contributed by atoms with E-state index in [0.29, 0.717) is 16.0 Å². The highest BCUT2D eigenvalue weighted by Crippen LogP contribution is 2.26. The third-order valence-electron chi connectivity index (χ3n) is 1.91. The molecular weight excluding hydrogens is 331 g/mol. The summed E-state index contributed by atoms with van der Waals surface area (Å²) in [5.74, 6) is 0. The predicted octanol–water partition coefficient (Wildman–Crippen LogP) is 4.82. The molecule has 1 aromatic carbocycles. The second-order valence-electron chi connectivity index (χ2n) is 3.06. The molecule has 1 N–H and O–H groups in total. The molecule has 0 bridgehead atoms. The van der Waals surface area contributed by atoms with Gasteiger partial charge in [-0.05, 0) is 34.1 Å². The minimum absolute atomic E-state index is 0.564. The predicted molar refractivity (Wildman–Crippen MR) is 73.6 cm³/mol. The molecule has 84 valence electrons. The SMILES string of the molecule is Clc1ncc(CNc2ccc(Cl)c(Br)c2)s1. The molecule has 0 aliphatic rings. The summed E-state index contributed by atoms with van der Waals surface area (Å²) >= 11 is 16.5. The van der Waals surface area contributed by atoms with Gasteiger partial charge in [0.15, 0.2) is 4.47 Å². The van der Waals surface area contributed by atoms with Crippen molar-refractivity contribution < 1.29 is 0 Å². The lowest BCUT2D eigenvalue weighted by molar-refractivity contribution is 1.17. The monoisotopic (exact) mass is 336 g/mol. The Balaban J connectivity index is 2.02. The minimum Gasteiger partial charge on any atom is -0.380 e. The van der Waals surface area contributed by atoms with Crippen molar-refractivity contribution in [2.75, 3.05) is 5.32 Å². The maximum Gasteiger partial charge on any atom is 0.183 e. The van der Waals surface area contributed by atoms with Gasteiger partial charge in [0.2, 0.25) is 0 Å². The van der Waals surface area contributed by atoms with Crippen LogP contribution in [0.3, 0.4) is 0 Å². The van der Waals surface area contributed by atoms with Crippen LogP contribution in [-0.4, -0.2) is 4.98 Å². The first-order valence-electron chi connectivity index (χ1n) is 4.44. The number of halogens is 3. The van der Waals surface area contributed by atoms with Crippen LogP contribution in [0.2, 0.25) is 9.49 Å². The highest BCUT2D eigenvalue weighted by Gasteiger charge is 2.01. The lowest BCUT2D eigenvalue weighted by atomic mass is 10.3. The topological polar surface area (TPSA) is 24.9 Å². The third kappa shape index (κ3) is 3.10. The van der Waals surface area contributed by atoms with Crippen molar-refractivity contribution in [2.45, 2.75) is 6.54 Å². The smallest absolute Gasteiger partial charge is 0.183 e. The lowest BCUT2D eigenvalue weighted by Gasteiger charge is -2.05. The number of nitrogens with one attached hydrogen (secondary N) is 1. The van der Waals surface area contributed by atoms with E-state index in [-0.39, 0.29) is 0 Å². The molecule has 0 radical (unpaired) electrons. The largest absolute Gasteiger partial charge is 0.380 e. The van der Waals surface area contributed by atoms with Crippen LogP contribution in [0.5, 0.6) is 0 Å².